The van der Waals surface area contributed by atoms with Crippen molar-refractivity contribution in [3.8, 4) is 0 Å². The highest BCUT2D eigenvalue weighted by Gasteiger charge is 2.36. The molecular weight excluding hydrogens is 547 g/mol. The summed E-state index contributed by atoms with van der Waals surface area (Å²) in [6, 6.07) is 9.64. The number of hydrogen-bond donors (Lipinski definition) is 4. The third-order valence-corrected chi connectivity index (χ3v) is 6.75. The first-order valence-corrected chi connectivity index (χ1v) is 13.0. The van der Waals surface area contributed by atoms with Crippen LogP contribution in [0.15, 0.2) is 53.1 Å². The molecule has 1 heterocycles. The van der Waals surface area contributed by atoms with Crippen LogP contribution in [0.4, 0.5) is 29.3 Å². The molecule has 0 fully saturated rings. The first-order chi connectivity index (χ1) is 18.5. The second-order valence-electron chi connectivity index (χ2n) is 10.5. The zero-order chi connectivity index (χ0) is 29.9. The number of aromatic nitrogens is 1. The van der Waals surface area contributed by atoms with E-state index >= 15 is 0 Å². The number of nitrogens with one attached hydrogen (secondary N) is 3. The highest BCUT2D eigenvalue weighted by Crippen LogP contribution is 2.34. The Morgan fingerprint density at radius 2 is 1.75 bits per heavy atom. The van der Waals surface area contributed by atoms with Crippen LogP contribution in [0, 0.1) is 17.7 Å². The summed E-state index contributed by atoms with van der Waals surface area (Å²) in [4.78, 5) is 25.5. The van der Waals surface area contributed by atoms with Gasteiger partial charge >= 0.3 is 12.1 Å². The van der Waals surface area contributed by atoms with Crippen LogP contribution >= 0.6 is 11.9 Å². The van der Waals surface area contributed by atoms with Gasteiger partial charge in [0, 0.05) is 18.1 Å². The van der Waals surface area contributed by atoms with Gasteiger partial charge in [-0.25, -0.2) is 4.72 Å². The number of benzene rings is 2. The number of nitrogens with two attached hydrogens (primary N) is 1. The number of hydrogen-bond acceptors (Lipinski definition) is 8. The van der Waals surface area contributed by atoms with Crippen molar-refractivity contribution in [2.45, 2.75) is 52.9 Å². The maximum absolute atomic E-state index is 13.4. The molecule has 3 aromatic rings. The summed E-state index contributed by atoms with van der Waals surface area (Å²) >= 11 is 0.586. The number of alkyl halides is 3. The van der Waals surface area contributed by atoms with Crippen molar-refractivity contribution in [1.82, 2.24) is 9.29 Å². The van der Waals surface area contributed by atoms with Gasteiger partial charge in [-0.1, -0.05) is 24.3 Å². The second kappa shape index (κ2) is 11.8. The average Bonchev–Trinajstić information content (AvgIpc) is 3.18. The van der Waals surface area contributed by atoms with Gasteiger partial charge in [-0.2, -0.15) is 13.2 Å². The third kappa shape index (κ3) is 7.69. The predicted molar refractivity (Wildman–Crippen MR) is 146 cm³/mol. The summed E-state index contributed by atoms with van der Waals surface area (Å²) in [5.74, 6) is -0.00955. The molecule has 0 saturated heterocycles. The van der Waals surface area contributed by atoms with E-state index in [9.17, 15) is 22.8 Å². The van der Waals surface area contributed by atoms with Crippen molar-refractivity contribution in [1.29, 1.82) is 5.41 Å². The van der Waals surface area contributed by atoms with Crippen LogP contribution < -0.4 is 21.5 Å². The van der Waals surface area contributed by atoms with Crippen molar-refractivity contribution in [3.63, 3.8) is 0 Å². The second-order valence-corrected chi connectivity index (χ2v) is 11.3. The number of ether oxygens (including phenoxy) is 1. The minimum atomic E-state index is -4.59. The Kier molecular flexibility index (Phi) is 9.10. The molecule has 0 aliphatic heterocycles. The molecule has 0 spiro atoms. The predicted octanol–water partition coefficient (Wildman–Crippen LogP) is 5.79. The van der Waals surface area contributed by atoms with Crippen molar-refractivity contribution in [2.24, 2.45) is 5.41 Å². The maximum Gasteiger partial charge on any atom is 0.416 e. The number of amides is 1. The minimum absolute atomic E-state index is 0.0742. The number of anilines is 2. The molecule has 0 bridgehead atoms. The summed E-state index contributed by atoms with van der Waals surface area (Å²) in [5.41, 5.74) is 4.32. The van der Waals surface area contributed by atoms with E-state index in [2.05, 4.69) is 10.0 Å². The summed E-state index contributed by atoms with van der Waals surface area (Å²) in [7, 11) is 0. The molecule has 0 saturated carbocycles. The largest absolute Gasteiger partial charge is 0.463 e. The number of esters is 1. The molecule has 5 N–H and O–H groups in total. The molecule has 13 heteroatoms. The van der Waals surface area contributed by atoms with E-state index in [0.29, 0.717) is 29.0 Å². The zero-order valence-electron chi connectivity index (χ0n) is 22.7. The quantitative estimate of drug-likeness (QED) is 0.151. The van der Waals surface area contributed by atoms with Crippen LogP contribution in [-0.2, 0) is 27.8 Å². The van der Waals surface area contributed by atoms with E-state index in [1.807, 2.05) is 0 Å². The lowest BCUT2D eigenvalue weighted by Gasteiger charge is -2.32. The van der Waals surface area contributed by atoms with Crippen LogP contribution in [0.25, 0.3) is 0 Å². The van der Waals surface area contributed by atoms with Gasteiger partial charge in [0.05, 0.1) is 34.4 Å². The zero-order valence-corrected chi connectivity index (χ0v) is 23.5. The lowest BCUT2D eigenvalue weighted by atomic mass is 9.92. The van der Waals surface area contributed by atoms with Gasteiger partial charge in [-0.15, -0.1) is 0 Å². The first-order valence-electron chi connectivity index (χ1n) is 12.2. The normalized spacial score (nSPS) is 13.5. The molecule has 9 nitrogen and oxygen atoms in total. The van der Waals surface area contributed by atoms with Gasteiger partial charge < -0.3 is 20.2 Å². The Labute approximate surface area is 233 Å². The number of halogens is 3. The molecule has 2 aromatic carbocycles. The number of carbonyl (C=O) groups excluding carboxylic acids is 2. The molecule has 216 valence electrons. The lowest BCUT2D eigenvalue weighted by molar-refractivity contribution is -0.155. The molecule has 0 radical (unpaired) electrons. The topological polar surface area (TPSA) is 135 Å². The Morgan fingerprint density at radius 1 is 1.10 bits per heavy atom. The van der Waals surface area contributed by atoms with Crippen molar-refractivity contribution in [2.75, 3.05) is 17.7 Å². The number of nitrogen functional groups attached to an aromatic ring is 1. The van der Waals surface area contributed by atoms with E-state index in [0.717, 1.165) is 12.1 Å². The SMILES string of the molecule is Cc1cn(Cc2cccc(N)c2NC(=O)SNC(C)(COC(=O)C(C)(C)C)c2cccc(C(F)(F)F)c2)c(=N)o1. The molecule has 3 rings (SSSR count). The molecule has 1 atom stereocenters. The van der Waals surface area contributed by atoms with Crippen LogP contribution in [0.5, 0.6) is 0 Å². The summed E-state index contributed by atoms with van der Waals surface area (Å²) in [6.07, 6.45) is -2.94. The van der Waals surface area contributed by atoms with Gasteiger partial charge in [0.15, 0.2) is 0 Å². The van der Waals surface area contributed by atoms with Crippen LogP contribution in [-0.4, -0.2) is 22.4 Å². The molecule has 1 amide bonds. The van der Waals surface area contributed by atoms with Gasteiger partial charge in [-0.3, -0.25) is 19.6 Å². The van der Waals surface area contributed by atoms with E-state index < -0.39 is 33.9 Å². The first kappa shape index (κ1) is 30.8. The van der Waals surface area contributed by atoms with Gasteiger partial charge in [0.2, 0.25) is 0 Å². The molecule has 1 aromatic heterocycles. The van der Waals surface area contributed by atoms with Crippen molar-refractivity contribution < 1.29 is 31.9 Å². The van der Waals surface area contributed by atoms with Crippen molar-refractivity contribution >= 4 is 34.5 Å². The Bertz CT molecular complexity index is 1440. The number of oxazole rings is 1. The maximum atomic E-state index is 13.4. The van der Waals surface area contributed by atoms with Crippen LogP contribution in [0.2, 0.25) is 0 Å². The standard InChI is InChI=1S/C27H32F3N5O4S/c1-16-13-35(23(32)39-16)14-17-8-6-11-20(31)21(17)33-24(37)40-34-26(5,15-38-22(36)25(2,3)4)18-9-7-10-19(12-18)27(28,29)30/h6-13,32,34H,14-15,31H2,1-5H3,(H,33,37). The molecule has 40 heavy (non-hydrogen) atoms. The average molecular weight is 580 g/mol. The number of para-hydroxylation sites is 1. The van der Waals surface area contributed by atoms with E-state index in [4.69, 9.17) is 20.3 Å². The van der Waals surface area contributed by atoms with E-state index in [1.165, 1.54) is 19.1 Å². The Balaban J connectivity index is 1.84. The molecule has 1 unspecified atom stereocenters. The minimum Gasteiger partial charge on any atom is -0.463 e. The number of rotatable bonds is 8. The fourth-order valence-corrected chi connectivity index (χ4v) is 4.29. The summed E-state index contributed by atoms with van der Waals surface area (Å²) in [5, 5.41) is 10.0. The highest BCUT2D eigenvalue weighted by molar-refractivity contribution is 8.12. The monoisotopic (exact) mass is 579 g/mol. The molecular formula is C27H32F3N5O4S. The smallest absolute Gasteiger partial charge is 0.416 e. The highest BCUT2D eigenvalue weighted by atomic mass is 32.2. The summed E-state index contributed by atoms with van der Waals surface area (Å²) in [6.45, 7) is 8.06. The van der Waals surface area contributed by atoms with Crippen LogP contribution in [0.1, 0.15) is 50.1 Å². The van der Waals surface area contributed by atoms with Gasteiger partial charge in [0.1, 0.15) is 12.4 Å². The number of nitrogens with zero attached hydrogens (tertiary/aromatic N) is 1. The Morgan fingerprint density at radius 3 is 2.35 bits per heavy atom. The fourth-order valence-electron chi connectivity index (χ4n) is 3.64. The van der Waals surface area contributed by atoms with Gasteiger partial charge in [0.25, 0.3) is 10.9 Å². The number of aryl methyl sites for hydroxylation is 1. The van der Waals surface area contributed by atoms with Crippen LogP contribution in [0.3, 0.4) is 0 Å². The van der Waals surface area contributed by atoms with Crippen molar-refractivity contribution in [3.05, 3.63) is 76.8 Å². The Hall–Kier alpha value is -3.71. The van der Waals surface area contributed by atoms with E-state index in [1.54, 1.807) is 56.7 Å². The lowest BCUT2D eigenvalue weighted by Crippen LogP contribution is -2.43. The molecule has 0 aliphatic carbocycles. The third-order valence-electron chi connectivity index (χ3n) is 5.91. The fraction of sp³-hybridized carbons (Fsp3) is 0.370. The number of carbonyl (C=O) groups is 2. The summed E-state index contributed by atoms with van der Waals surface area (Å²) < 4.78 is 55.4. The van der Waals surface area contributed by atoms with E-state index in [-0.39, 0.29) is 30.1 Å². The molecule has 0 aliphatic rings. The van der Waals surface area contributed by atoms with Gasteiger partial charge in [-0.05, 0) is 63.9 Å².